The maximum atomic E-state index is 12.7. The number of likely N-dealkylation sites (tertiary alicyclic amines) is 1. The third-order valence-electron chi connectivity index (χ3n) is 5.01. The van der Waals surface area contributed by atoms with Crippen LogP contribution >= 0.6 is 0 Å². The molecule has 0 radical (unpaired) electrons. The number of fused-ring (bicyclic) bond motifs is 1. The van der Waals surface area contributed by atoms with Crippen molar-refractivity contribution in [1.82, 2.24) is 15.5 Å². The van der Waals surface area contributed by atoms with E-state index >= 15 is 0 Å². The number of para-hydroxylation sites is 1. The Morgan fingerprint density at radius 1 is 1.14 bits per heavy atom. The molecule has 2 N–H and O–H groups in total. The fourth-order valence-electron chi connectivity index (χ4n) is 3.56. The van der Waals surface area contributed by atoms with Crippen molar-refractivity contribution in [2.24, 2.45) is 4.99 Å². The predicted octanol–water partition coefficient (Wildman–Crippen LogP) is 0.556. The van der Waals surface area contributed by atoms with Crippen molar-refractivity contribution in [3.05, 3.63) is 29.8 Å². The van der Waals surface area contributed by atoms with E-state index in [4.69, 9.17) is 0 Å². The average molecular weight is 408 g/mol. The topological polar surface area (TPSA) is 94.1 Å². The van der Waals surface area contributed by atoms with Crippen LogP contribution in [0.25, 0.3) is 0 Å². The Morgan fingerprint density at radius 2 is 1.89 bits per heavy atom. The van der Waals surface area contributed by atoms with Gasteiger partial charge in [0.05, 0.1) is 11.4 Å². The van der Waals surface area contributed by atoms with Crippen LogP contribution in [-0.2, 0) is 21.2 Å². The van der Waals surface area contributed by atoms with Crippen LogP contribution in [0.15, 0.2) is 29.3 Å². The summed E-state index contributed by atoms with van der Waals surface area (Å²) in [6.45, 7) is 4.95. The van der Waals surface area contributed by atoms with E-state index < -0.39 is 10.0 Å². The molecule has 1 fully saturated rings. The maximum Gasteiger partial charge on any atom is 0.244 e. The molecule has 0 spiro atoms. The van der Waals surface area contributed by atoms with Crippen LogP contribution in [0.5, 0.6) is 0 Å². The van der Waals surface area contributed by atoms with Crippen molar-refractivity contribution >= 4 is 27.6 Å². The first-order chi connectivity index (χ1) is 13.5. The highest BCUT2D eigenvalue weighted by Crippen LogP contribution is 2.29. The smallest absolute Gasteiger partial charge is 0.244 e. The fourth-order valence-corrected chi connectivity index (χ4v) is 4.99. The number of hydrogen-bond acceptors (Lipinski definition) is 4. The van der Waals surface area contributed by atoms with E-state index in [2.05, 4.69) is 15.6 Å². The summed E-state index contributed by atoms with van der Waals surface area (Å²) in [6, 6.07) is 7.61. The van der Waals surface area contributed by atoms with Crippen LogP contribution in [0.3, 0.4) is 0 Å². The van der Waals surface area contributed by atoms with E-state index in [0.29, 0.717) is 19.0 Å². The van der Waals surface area contributed by atoms with Gasteiger partial charge in [-0.05, 0) is 37.8 Å². The van der Waals surface area contributed by atoms with Gasteiger partial charge in [0.1, 0.15) is 6.54 Å². The lowest BCUT2D eigenvalue weighted by Gasteiger charge is -2.20. The first kappa shape index (κ1) is 20.4. The SMILES string of the molecule is CCNC(=NCC(=O)N1CCCC1)NCCS(=O)(=O)N1CCc2ccccc21. The van der Waals surface area contributed by atoms with Gasteiger partial charge in [-0.15, -0.1) is 0 Å². The second-order valence-electron chi connectivity index (χ2n) is 6.98. The normalized spacial score (nSPS) is 17.0. The highest BCUT2D eigenvalue weighted by Gasteiger charge is 2.28. The minimum Gasteiger partial charge on any atom is -0.357 e. The number of hydrogen-bond donors (Lipinski definition) is 2. The molecular weight excluding hydrogens is 378 g/mol. The Labute approximate surface area is 167 Å². The van der Waals surface area contributed by atoms with Crippen molar-refractivity contribution < 1.29 is 13.2 Å². The van der Waals surface area contributed by atoms with Gasteiger partial charge in [0.15, 0.2) is 5.96 Å². The van der Waals surface area contributed by atoms with Gasteiger partial charge >= 0.3 is 0 Å². The van der Waals surface area contributed by atoms with Gasteiger partial charge in [-0.1, -0.05) is 18.2 Å². The molecule has 0 aliphatic carbocycles. The molecule has 154 valence electrons. The number of nitrogens with one attached hydrogen (secondary N) is 2. The van der Waals surface area contributed by atoms with Crippen LogP contribution in [0.1, 0.15) is 25.3 Å². The van der Waals surface area contributed by atoms with E-state index in [9.17, 15) is 13.2 Å². The monoisotopic (exact) mass is 407 g/mol. The summed E-state index contributed by atoms with van der Waals surface area (Å²) in [5.74, 6) is 0.439. The lowest BCUT2D eigenvalue weighted by molar-refractivity contribution is -0.128. The largest absolute Gasteiger partial charge is 0.357 e. The molecule has 3 rings (SSSR count). The molecule has 9 heteroatoms. The number of anilines is 1. The molecule has 0 saturated carbocycles. The van der Waals surface area contributed by atoms with Gasteiger partial charge in [-0.2, -0.15) is 0 Å². The first-order valence-electron chi connectivity index (χ1n) is 9.89. The molecule has 1 saturated heterocycles. The van der Waals surface area contributed by atoms with Gasteiger partial charge in [0.25, 0.3) is 0 Å². The maximum absolute atomic E-state index is 12.7. The van der Waals surface area contributed by atoms with Crippen LogP contribution < -0.4 is 14.9 Å². The summed E-state index contributed by atoms with van der Waals surface area (Å²) in [7, 11) is -3.42. The summed E-state index contributed by atoms with van der Waals surface area (Å²) in [4.78, 5) is 18.3. The number of guanidine groups is 1. The Hall–Kier alpha value is -2.29. The molecule has 28 heavy (non-hydrogen) atoms. The first-order valence-corrected chi connectivity index (χ1v) is 11.5. The zero-order valence-corrected chi connectivity index (χ0v) is 17.2. The number of carbonyl (C=O) groups is 1. The summed E-state index contributed by atoms with van der Waals surface area (Å²) >= 11 is 0. The lowest BCUT2D eigenvalue weighted by atomic mass is 10.2. The number of carbonyl (C=O) groups excluding carboxylic acids is 1. The fraction of sp³-hybridized carbons (Fsp3) is 0.579. The molecule has 0 unspecified atom stereocenters. The quantitative estimate of drug-likeness (QED) is 0.509. The Morgan fingerprint density at radius 3 is 2.64 bits per heavy atom. The van der Waals surface area contributed by atoms with Gasteiger partial charge in [-0.3, -0.25) is 9.10 Å². The summed E-state index contributed by atoms with van der Waals surface area (Å²) in [5.41, 5.74) is 1.84. The average Bonchev–Trinajstić information content (AvgIpc) is 3.35. The molecule has 1 aromatic rings. The highest BCUT2D eigenvalue weighted by molar-refractivity contribution is 7.92. The Bertz CT molecular complexity index is 819. The number of rotatable bonds is 7. The van der Waals surface area contributed by atoms with E-state index in [0.717, 1.165) is 43.6 Å². The predicted molar refractivity (Wildman–Crippen MR) is 111 cm³/mol. The molecule has 0 aromatic heterocycles. The molecule has 2 aliphatic rings. The van der Waals surface area contributed by atoms with E-state index in [-0.39, 0.29) is 24.7 Å². The van der Waals surface area contributed by atoms with Gasteiger partial charge in [0.2, 0.25) is 15.9 Å². The van der Waals surface area contributed by atoms with Crippen LogP contribution in [0.4, 0.5) is 5.69 Å². The van der Waals surface area contributed by atoms with Crippen LogP contribution in [0, 0.1) is 0 Å². The van der Waals surface area contributed by atoms with Gasteiger partial charge in [0, 0.05) is 32.7 Å². The van der Waals surface area contributed by atoms with Gasteiger partial charge < -0.3 is 15.5 Å². The highest BCUT2D eigenvalue weighted by atomic mass is 32.2. The van der Waals surface area contributed by atoms with Crippen LogP contribution in [0.2, 0.25) is 0 Å². The summed E-state index contributed by atoms with van der Waals surface area (Å²) in [6.07, 6.45) is 2.84. The zero-order chi connectivity index (χ0) is 20.0. The lowest BCUT2D eigenvalue weighted by Crippen LogP contribution is -2.42. The summed E-state index contributed by atoms with van der Waals surface area (Å²) < 4.78 is 27.0. The number of sulfonamides is 1. The Balaban J connectivity index is 1.53. The van der Waals surface area contributed by atoms with Crippen molar-refractivity contribution in [2.45, 2.75) is 26.2 Å². The number of amides is 1. The number of aliphatic imine (C=N–C) groups is 1. The molecule has 0 bridgehead atoms. The van der Waals surface area contributed by atoms with E-state index in [1.807, 2.05) is 36.1 Å². The molecule has 1 amide bonds. The molecule has 2 aliphatic heterocycles. The van der Waals surface area contributed by atoms with Crippen molar-refractivity contribution in [3.63, 3.8) is 0 Å². The Kier molecular flexibility index (Phi) is 6.77. The van der Waals surface area contributed by atoms with Crippen molar-refractivity contribution in [1.29, 1.82) is 0 Å². The molecule has 2 heterocycles. The minimum atomic E-state index is -3.42. The van der Waals surface area contributed by atoms with Gasteiger partial charge in [-0.25, -0.2) is 13.4 Å². The zero-order valence-electron chi connectivity index (χ0n) is 16.4. The second kappa shape index (κ2) is 9.27. The minimum absolute atomic E-state index is 0.0102. The summed E-state index contributed by atoms with van der Waals surface area (Å²) in [5, 5.41) is 6.09. The second-order valence-corrected chi connectivity index (χ2v) is 8.99. The van der Waals surface area contributed by atoms with E-state index in [1.54, 1.807) is 0 Å². The van der Waals surface area contributed by atoms with Crippen LogP contribution in [-0.4, -0.2) is 70.2 Å². The van der Waals surface area contributed by atoms with Crippen molar-refractivity contribution in [3.8, 4) is 0 Å². The molecule has 0 atom stereocenters. The number of nitrogens with zero attached hydrogens (tertiary/aromatic N) is 3. The molecule has 8 nitrogen and oxygen atoms in total. The third kappa shape index (κ3) is 4.95. The van der Waals surface area contributed by atoms with E-state index in [1.165, 1.54) is 4.31 Å². The molecular formula is C19H29N5O3S. The number of benzene rings is 1. The standard InChI is InChI=1S/C19H29N5O3S/c1-2-20-19(22-15-18(25)23-11-5-6-12-23)21-10-14-28(26,27)24-13-9-16-7-3-4-8-17(16)24/h3-4,7-8H,2,5-6,9-15H2,1H3,(H2,20,21,22). The van der Waals surface area contributed by atoms with Crippen molar-refractivity contribution in [2.75, 3.05) is 49.3 Å². The third-order valence-corrected chi connectivity index (χ3v) is 6.78. The molecule has 1 aromatic carbocycles.